The molecule has 39 heavy (non-hydrogen) atoms. The lowest BCUT2D eigenvalue weighted by atomic mass is 9.98. The first kappa shape index (κ1) is 26.7. The molecular weight excluding hydrogens is 532 g/mol. The summed E-state index contributed by atoms with van der Waals surface area (Å²) in [5.74, 6) is -0.0617. The molecule has 3 aromatic carbocycles. The van der Waals surface area contributed by atoms with E-state index in [1.807, 2.05) is 61.5 Å². The second kappa shape index (κ2) is 11.5. The van der Waals surface area contributed by atoms with Crippen LogP contribution < -0.4 is 10.6 Å². The second-order valence-corrected chi connectivity index (χ2v) is 12.5. The second-order valence-electron chi connectivity index (χ2n) is 9.51. The highest BCUT2D eigenvalue weighted by Gasteiger charge is 2.21. The SMILES string of the molecule is Cc1ccc(NC(=O)c2cscn2)cc1-c1ccc(C(=O)Nc2ccc(CN3CCS(=O)(=O)CC3)cc2)cc1. The van der Waals surface area contributed by atoms with E-state index in [1.54, 1.807) is 23.0 Å². The fourth-order valence-electron chi connectivity index (χ4n) is 4.40. The Hall–Kier alpha value is -3.86. The van der Waals surface area contributed by atoms with Crippen LogP contribution in [0.25, 0.3) is 11.1 Å². The van der Waals surface area contributed by atoms with Crippen LogP contribution in [0, 0.1) is 6.92 Å². The summed E-state index contributed by atoms with van der Waals surface area (Å²) in [5.41, 5.74) is 7.90. The molecule has 4 aromatic rings. The Morgan fingerprint density at radius 1 is 0.897 bits per heavy atom. The van der Waals surface area contributed by atoms with Crippen LogP contribution in [0.4, 0.5) is 11.4 Å². The maximum absolute atomic E-state index is 12.9. The Kier molecular flexibility index (Phi) is 7.87. The minimum Gasteiger partial charge on any atom is -0.322 e. The van der Waals surface area contributed by atoms with Gasteiger partial charge in [-0.1, -0.05) is 30.3 Å². The number of aromatic nitrogens is 1. The summed E-state index contributed by atoms with van der Waals surface area (Å²) >= 11 is 1.37. The molecule has 0 unspecified atom stereocenters. The summed E-state index contributed by atoms with van der Waals surface area (Å²) in [4.78, 5) is 31.4. The number of sulfone groups is 1. The molecule has 8 nitrogen and oxygen atoms in total. The highest BCUT2D eigenvalue weighted by Crippen LogP contribution is 2.27. The lowest BCUT2D eigenvalue weighted by Crippen LogP contribution is -2.39. The van der Waals surface area contributed by atoms with Crippen LogP contribution in [0.15, 0.2) is 77.6 Å². The van der Waals surface area contributed by atoms with Gasteiger partial charge in [0.1, 0.15) is 5.69 Å². The van der Waals surface area contributed by atoms with Crippen LogP contribution in [0.1, 0.15) is 32.0 Å². The molecule has 0 radical (unpaired) electrons. The van der Waals surface area contributed by atoms with Crippen molar-refractivity contribution in [3.8, 4) is 11.1 Å². The molecule has 1 fully saturated rings. The zero-order valence-electron chi connectivity index (χ0n) is 21.4. The number of nitrogens with zero attached hydrogens (tertiary/aromatic N) is 2. The summed E-state index contributed by atoms with van der Waals surface area (Å²) in [6, 6.07) is 20.7. The molecule has 1 aliphatic heterocycles. The van der Waals surface area contributed by atoms with Crippen molar-refractivity contribution in [2.75, 3.05) is 35.2 Å². The number of carbonyl (C=O) groups excluding carboxylic acids is 2. The number of carbonyl (C=O) groups is 2. The predicted molar refractivity (Wildman–Crippen MR) is 155 cm³/mol. The average molecular weight is 561 g/mol. The number of anilines is 2. The van der Waals surface area contributed by atoms with Gasteiger partial charge in [-0.15, -0.1) is 11.3 Å². The number of amides is 2. The van der Waals surface area contributed by atoms with E-state index < -0.39 is 9.84 Å². The zero-order chi connectivity index (χ0) is 27.4. The molecule has 0 aliphatic carbocycles. The molecule has 2 heterocycles. The Bertz CT molecular complexity index is 1570. The number of hydrogen-bond donors (Lipinski definition) is 2. The lowest BCUT2D eigenvalue weighted by molar-refractivity contribution is 0.101. The Balaban J connectivity index is 1.20. The van der Waals surface area contributed by atoms with Crippen molar-refractivity contribution in [2.45, 2.75) is 13.5 Å². The van der Waals surface area contributed by atoms with Gasteiger partial charge in [-0.05, 0) is 65.6 Å². The van der Waals surface area contributed by atoms with Crippen LogP contribution in [0.5, 0.6) is 0 Å². The Morgan fingerprint density at radius 2 is 1.56 bits per heavy atom. The van der Waals surface area contributed by atoms with Crippen LogP contribution in [0.2, 0.25) is 0 Å². The van der Waals surface area contributed by atoms with Gasteiger partial charge in [0.2, 0.25) is 0 Å². The fraction of sp³-hybridized carbons (Fsp3) is 0.207. The monoisotopic (exact) mass is 560 g/mol. The Labute approximate surface area is 231 Å². The van der Waals surface area contributed by atoms with Gasteiger partial charge in [0.15, 0.2) is 9.84 Å². The molecule has 10 heteroatoms. The van der Waals surface area contributed by atoms with Crippen molar-refractivity contribution in [1.82, 2.24) is 9.88 Å². The zero-order valence-corrected chi connectivity index (χ0v) is 23.0. The van der Waals surface area contributed by atoms with Gasteiger partial charge < -0.3 is 10.6 Å². The van der Waals surface area contributed by atoms with Crippen molar-refractivity contribution in [3.05, 3.63) is 100 Å². The topological polar surface area (TPSA) is 108 Å². The van der Waals surface area contributed by atoms with Crippen LogP contribution in [-0.4, -0.2) is 54.7 Å². The van der Waals surface area contributed by atoms with Crippen molar-refractivity contribution in [2.24, 2.45) is 0 Å². The van der Waals surface area contributed by atoms with Gasteiger partial charge in [0.25, 0.3) is 11.8 Å². The Morgan fingerprint density at radius 3 is 2.23 bits per heavy atom. The van der Waals surface area contributed by atoms with E-state index in [0.717, 1.165) is 22.3 Å². The maximum Gasteiger partial charge on any atom is 0.275 e. The standard InChI is InChI=1S/C29H28N4O4S2/c1-20-2-9-25(32-29(35)27-18-38-19-30-27)16-26(20)22-5-7-23(8-6-22)28(34)31-24-10-3-21(4-11-24)17-33-12-14-39(36,37)15-13-33/h2-11,16,18-19H,12-15,17H2,1H3,(H,31,34)(H,32,35). The third-order valence-corrected chi connectivity index (χ3v) is 8.87. The van der Waals surface area contributed by atoms with Gasteiger partial charge in [0, 0.05) is 42.0 Å². The first-order valence-corrected chi connectivity index (χ1v) is 15.3. The smallest absolute Gasteiger partial charge is 0.275 e. The third kappa shape index (κ3) is 6.78. The first-order chi connectivity index (χ1) is 18.8. The van der Waals surface area contributed by atoms with E-state index in [1.165, 1.54) is 11.3 Å². The first-order valence-electron chi connectivity index (χ1n) is 12.5. The molecule has 1 aromatic heterocycles. The van der Waals surface area contributed by atoms with E-state index in [0.29, 0.717) is 42.3 Å². The van der Waals surface area contributed by atoms with Crippen molar-refractivity contribution in [3.63, 3.8) is 0 Å². The number of nitrogens with one attached hydrogen (secondary N) is 2. The number of thiazole rings is 1. The summed E-state index contributed by atoms with van der Waals surface area (Å²) in [5, 5.41) is 7.52. The average Bonchev–Trinajstić information content (AvgIpc) is 3.48. The minimum atomic E-state index is -2.90. The quantitative estimate of drug-likeness (QED) is 0.334. The van der Waals surface area contributed by atoms with Crippen LogP contribution >= 0.6 is 11.3 Å². The summed E-state index contributed by atoms with van der Waals surface area (Å²) in [6.45, 7) is 3.77. The summed E-state index contributed by atoms with van der Waals surface area (Å²) in [7, 11) is -2.90. The molecule has 2 N–H and O–H groups in total. The van der Waals surface area contributed by atoms with Gasteiger partial charge in [0.05, 0.1) is 17.0 Å². The number of hydrogen-bond acceptors (Lipinski definition) is 7. The van der Waals surface area contributed by atoms with Gasteiger partial charge in [-0.3, -0.25) is 14.5 Å². The van der Waals surface area contributed by atoms with Gasteiger partial charge in [-0.25, -0.2) is 13.4 Å². The third-order valence-electron chi connectivity index (χ3n) is 6.67. The molecule has 1 saturated heterocycles. The molecule has 1 aliphatic rings. The molecule has 5 rings (SSSR count). The summed E-state index contributed by atoms with van der Waals surface area (Å²) in [6.07, 6.45) is 0. The van der Waals surface area contributed by atoms with Crippen LogP contribution in [-0.2, 0) is 16.4 Å². The van der Waals surface area contributed by atoms with Gasteiger partial charge in [-0.2, -0.15) is 0 Å². The largest absolute Gasteiger partial charge is 0.322 e. The molecule has 0 saturated carbocycles. The molecule has 0 spiro atoms. The molecule has 200 valence electrons. The number of benzene rings is 3. The van der Waals surface area contributed by atoms with Crippen molar-refractivity contribution >= 4 is 44.4 Å². The highest BCUT2D eigenvalue weighted by molar-refractivity contribution is 7.91. The summed E-state index contributed by atoms with van der Waals surface area (Å²) < 4.78 is 23.2. The maximum atomic E-state index is 12.9. The molecule has 0 atom stereocenters. The fourth-order valence-corrected chi connectivity index (χ4v) is 6.20. The minimum absolute atomic E-state index is 0.203. The van der Waals surface area contributed by atoms with E-state index >= 15 is 0 Å². The highest BCUT2D eigenvalue weighted by atomic mass is 32.2. The molecule has 2 amide bonds. The van der Waals surface area contributed by atoms with Crippen molar-refractivity contribution < 1.29 is 18.0 Å². The predicted octanol–water partition coefficient (Wildman–Crippen LogP) is 4.85. The van der Waals surface area contributed by atoms with Crippen LogP contribution in [0.3, 0.4) is 0 Å². The molecule has 0 bridgehead atoms. The van der Waals surface area contributed by atoms with E-state index in [4.69, 9.17) is 0 Å². The van der Waals surface area contributed by atoms with E-state index in [-0.39, 0.29) is 23.3 Å². The van der Waals surface area contributed by atoms with Gasteiger partial charge >= 0.3 is 0 Å². The van der Waals surface area contributed by atoms with Crippen molar-refractivity contribution in [1.29, 1.82) is 0 Å². The lowest BCUT2D eigenvalue weighted by Gasteiger charge is -2.26. The number of rotatable bonds is 7. The molecular formula is C29H28N4O4S2. The normalized spacial score (nSPS) is 15.0. The van der Waals surface area contributed by atoms with E-state index in [2.05, 4.69) is 20.5 Å². The number of aryl methyl sites for hydroxylation is 1. The van der Waals surface area contributed by atoms with E-state index in [9.17, 15) is 18.0 Å².